The molecular formula is C18H27N7O8S. The van der Waals surface area contributed by atoms with Gasteiger partial charge in [-0.1, -0.05) is 0 Å². The Morgan fingerprint density at radius 2 is 1.59 bits per heavy atom. The Morgan fingerprint density at radius 3 is 2.09 bits per heavy atom. The lowest BCUT2D eigenvalue weighted by molar-refractivity contribution is -0.142. The number of amides is 4. The fourth-order valence-corrected chi connectivity index (χ4v) is 2.93. The number of carboxylic acids is 2. The number of aromatic amines is 1. The molecule has 1 aromatic rings. The number of imidazole rings is 1. The molecule has 16 heteroatoms. The summed E-state index contributed by atoms with van der Waals surface area (Å²) in [5.41, 5.74) is 11.0. The molecule has 0 spiro atoms. The Hall–Kier alpha value is -3.66. The van der Waals surface area contributed by atoms with Crippen molar-refractivity contribution in [2.24, 2.45) is 11.5 Å². The van der Waals surface area contributed by atoms with Crippen molar-refractivity contribution in [3.8, 4) is 0 Å². The third-order valence-electron chi connectivity index (χ3n) is 4.45. The van der Waals surface area contributed by atoms with Crippen LogP contribution in [0.15, 0.2) is 12.5 Å². The van der Waals surface area contributed by atoms with Crippen molar-refractivity contribution in [1.82, 2.24) is 25.9 Å². The summed E-state index contributed by atoms with van der Waals surface area (Å²) in [4.78, 5) is 77.3. The molecule has 0 aromatic carbocycles. The first-order valence-corrected chi connectivity index (χ1v) is 10.6. The van der Waals surface area contributed by atoms with Crippen molar-refractivity contribution in [3.63, 3.8) is 0 Å². The second-order valence-corrected chi connectivity index (χ2v) is 7.56. The average molecular weight is 502 g/mol. The molecule has 0 saturated heterocycles. The molecule has 10 N–H and O–H groups in total. The number of nitrogens with one attached hydrogen (secondary N) is 4. The quantitative estimate of drug-likeness (QED) is 0.107. The van der Waals surface area contributed by atoms with Gasteiger partial charge in [0, 0.05) is 30.5 Å². The SMILES string of the molecule is NC(=O)CCC(NC(=O)C(N)CC(=O)O)C(=O)NC(CS)C(=O)NC(Cc1cnc[nH]1)C(=O)O. The lowest BCUT2D eigenvalue weighted by Crippen LogP contribution is -2.58. The highest BCUT2D eigenvalue weighted by atomic mass is 32.1. The predicted octanol–water partition coefficient (Wildman–Crippen LogP) is -3.51. The smallest absolute Gasteiger partial charge is 0.326 e. The summed E-state index contributed by atoms with van der Waals surface area (Å²) in [5.74, 6) is -6.41. The van der Waals surface area contributed by atoms with Gasteiger partial charge < -0.3 is 42.6 Å². The van der Waals surface area contributed by atoms with Gasteiger partial charge in [0.1, 0.15) is 18.1 Å². The maximum Gasteiger partial charge on any atom is 0.326 e. The second-order valence-electron chi connectivity index (χ2n) is 7.19. The molecule has 4 unspecified atom stereocenters. The van der Waals surface area contributed by atoms with Crippen LogP contribution in [0.3, 0.4) is 0 Å². The molecule has 188 valence electrons. The summed E-state index contributed by atoms with van der Waals surface area (Å²) in [6.07, 6.45) is 1.36. The van der Waals surface area contributed by atoms with Gasteiger partial charge in [0.2, 0.25) is 23.6 Å². The molecule has 0 aliphatic rings. The minimum absolute atomic E-state index is 0.104. The zero-order chi connectivity index (χ0) is 25.8. The molecule has 0 radical (unpaired) electrons. The van der Waals surface area contributed by atoms with E-state index in [0.29, 0.717) is 5.69 Å². The number of aliphatic carboxylic acids is 2. The average Bonchev–Trinajstić information content (AvgIpc) is 3.26. The highest BCUT2D eigenvalue weighted by Crippen LogP contribution is 2.03. The van der Waals surface area contributed by atoms with Crippen molar-refractivity contribution in [2.45, 2.75) is 49.9 Å². The van der Waals surface area contributed by atoms with Crippen LogP contribution in [-0.2, 0) is 35.2 Å². The number of hydrogen-bond acceptors (Lipinski definition) is 9. The predicted molar refractivity (Wildman–Crippen MR) is 118 cm³/mol. The van der Waals surface area contributed by atoms with E-state index >= 15 is 0 Å². The third-order valence-corrected chi connectivity index (χ3v) is 4.82. The number of carbonyl (C=O) groups is 6. The number of rotatable bonds is 15. The fourth-order valence-electron chi connectivity index (χ4n) is 2.67. The van der Waals surface area contributed by atoms with Gasteiger partial charge in [-0.15, -0.1) is 0 Å². The van der Waals surface area contributed by atoms with Gasteiger partial charge in [0.15, 0.2) is 0 Å². The van der Waals surface area contributed by atoms with Crippen LogP contribution in [0.1, 0.15) is 25.0 Å². The number of carboxylic acid groups (broad SMARTS) is 2. The van der Waals surface area contributed by atoms with Gasteiger partial charge >= 0.3 is 11.9 Å². The van der Waals surface area contributed by atoms with Crippen LogP contribution >= 0.6 is 12.6 Å². The molecular weight excluding hydrogens is 474 g/mol. The lowest BCUT2D eigenvalue weighted by Gasteiger charge is -2.24. The van der Waals surface area contributed by atoms with Gasteiger partial charge in [0.05, 0.1) is 18.8 Å². The Labute approximate surface area is 198 Å². The molecule has 0 aliphatic carbocycles. The van der Waals surface area contributed by atoms with Crippen LogP contribution in [0, 0.1) is 0 Å². The maximum absolute atomic E-state index is 12.7. The first-order valence-electron chi connectivity index (χ1n) is 9.92. The second kappa shape index (κ2) is 13.8. The zero-order valence-electron chi connectivity index (χ0n) is 17.9. The first-order chi connectivity index (χ1) is 15.9. The molecule has 1 rings (SSSR count). The molecule has 15 nitrogen and oxygen atoms in total. The van der Waals surface area contributed by atoms with E-state index in [9.17, 15) is 33.9 Å². The van der Waals surface area contributed by atoms with Crippen molar-refractivity contribution < 1.29 is 39.0 Å². The molecule has 0 aliphatic heterocycles. The van der Waals surface area contributed by atoms with E-state index in [-0.39, 0.29) is 25.0 Å². The largest absolute Gasteiger partial charge is 0.481 e. The van der Waals surface area contributed by atoms with E-state index in [1.54, 1.807) is 0 Å². The molecule has 4 amide bonds. The Bertz CT molecular complexity index is 895. The number of carbonyl (C=O) groups excluding carboxylic acids is 4. The van der Waals surface area contributed by atoms with Crippen molar-refractivity contribution in [2.75, 3.05) is 5.75 Å². The maximum atomic E-state index is 12.7. The normalized spacial score (nSPS) is 14.2. The number of aromatic nitrogens is 2. The van der Waals surface area contributed by atoms with Gasteiger partial charge in [-0.2, -0.15) is 12.6 Å². The van der Waals surface area contributed by atoms with Crippen LogP contribution < -0.4 is 27.4 Å². The minimum atomic E-state index is -1.47. The summed E-state index contributed by atoms with van der Waals surface area (Å²) in [7, 11) is 0. The standard InChI is InChI=1S/C18H27N7O8S/c19-9(4-14(27)28)15(29)23-10(1-2-13(20)26)16(30)25-12(6-34)17(31)24-11(18(32)33)3-8-5-21-7-22-8/h5,7,9-12,34H,1-4,6,19H2,(H2,20,26)(H,21,22)(H,23,29)(H,24,31)(H,25,30)(H,27,28)(H,32,33). The number of thiol groups is 1. The van der Waals surface area contributed by atoms with Gasteiger partial charge in [-0.05, 0) is 6.42 Å². The van der Waals surface area contributed by atoms with Crippen LogP contribution in [0.2, 0.25) is 0 Å². The van der Waals surface area contributed by atoms with Gasteiger partial charge in [-0.25, -0.2) is 9.78 Å². The van der Waals surface area contributed by atoms with E-state index in [2.05, 4.69) is 38.5 Å². The van der Waals surface area contributed by atoms with Crippen molar-refractivity contribution in [3.05, 3.63) is 18.2 Å². The van der Waals surface area contributed by atoms with E-state index in [1.165, 1.54) is 12.5 Å². The topological polar surface area (TPSA) is 260 Å². The summed E-state index contributed by atoms with van der Waals surface area (Å²) in [6.45, 7) is 0. The van der Waals surface area contributed by atoms with Crippen molar-refractivity contribution >= 4 is 48.2 Å². The first kappa shape index (κ1) is 28.4. The summed E-state index contributed by atoms with van der Waals surface area (Å²) in [5, 5.41) is 25.0. The summed E-state index contributed by atoms with van der Waals surface area (Å²) >= 11 is 4.00. The Morgan fingerprint density at radius 1 is 1.00 bits per heavy atom. The molecule has 0 bridgehead atoms. The van der Waals surface area contributed by atoms with Crippen molar-refractivity contribution in [1.29, 1.82) is 0 Å². The Balaban J connectivity index is 2.87. The molecule has 34 heavy (non-hydrogen) atoms. The molecule has 4 atom stereocenters. The van der Waals surface area contributed by atoms with Crippen LogP contribution in [0.4, 0.5) is 0 Å². The highest BCUT2D eigenvalue weighted by molar-refractivity contribution is 7.80. The Kier molecular flexibility index (Phi) is 11.5. The molecule has 0 saturated carbocycles. The van der Waals surface area contributed by atoms with Crippen LogP contribution in [-0.4, -0.2) is 85.7 Å². The van der Waals surface area contributed by atoms with Gasteiger partial charge in [0.25, 0.3) is 0 Å². The van der Waals surface area contributed by atoms with E-state index in [4.69, 9.17) is 16.6 Å². The molecule has 0 fully saturated rings. The number of hydrogen-bond donors (Lipinski definition) is 9. The highest BCUT2D eigenvalue weighted by Gasteiger charge is 2.30. The number of primary amides is 1. The third kappa shape index (κ3) is 9.86. The van der Waals surface area contributed by atoms with Crippen LogP contribution in [0.5, 0.6) is 0 Å². The van der Waals surface area contributed by atoms with E-state index in [1.807, 2.05) is 0 Å². The lowest BCUT2D eigenvalue weighted by atomic mass is 10.1. The van der Waals surface area contributed by atoms with Crippen LogP contribution in [0.25, 0.3) is 0 Å². The monoisotopic (exact) mass is 501 g/mol. The van der Waals surface area contributed by atoms with E-state index < -0.39 is 66.2 Å². The summed E-state index contributed by atoms with van der Waals surface area (Å²) in [6, 6.07) is -5.49. The number of H-pyrrole nitrogens is 1. The van der Waals surface area contributed by atoms with Gasteiger partial charge in [-0.3, -0.25) is 24.0 Å². The summed E-state index contributed by atoms with van der Waals surface area (Å²) < 4.78 is 0. The molecule has 1 heterocycles. The van der Waals surface area contributed by atoms with E-state index in [0.717, 1.165) is 0 Å². The molecule has 1 aromatic heterocycles. The fraction of sp³-hybridized carbons (Fsp3) is 0.500. The number of nitrogens with zero attached hydrogens (tertiary/aromatic N) is 1. The zero-order valence-corrected chi connectivity index (χ0v) is 18.8. The minimum Gasteiger partial charge on any atom is -0.481 e. The number of nitrogens with two attached hydrogens (primary N) is 2.